The predicted molar refractivity (Wildman–Crippen MR) is 102 cm³/mol. The standard InChI is InChI=1S/C19H20BrN3O2/c1-14-4-3-5-18-21-16(12-19(24)23(14)18)13-22(2)10-11-25-17-8-6-15(20)7-9-17/h3-9,12H,10-11,13H2,1-2H3. The molecular weight excluding hydrogens is 382 g/mol. The Morgan fingerprint density at radius 3 is 2.72 bits per heavy atom. The van der Waals surface area contributed by atoms with E-state index in [-0.39, 0.29) is 5.56 Å². The predicted octanol–water partition coefficient (Wildman–Crippen LogP) is 3.28. The van der Waals surface area contributed by atoms with E-state index in [9.17, 15) is 4.79 Å². The van der Waals surface area contributed by atoms with E-state index in [1.807, 2.05) is 56.4 Å². The highest BCUT2D eigenvalue weighted by Gasteiger charge is 2.07. The number of rotatable bonds is 6. The zero-order valence-electron chi connectivity index (χ0n) is 14.3. The smallest absolute Gasteiger partial charge is 0.258 e. The molecule has 0 aliphatic rings. The highest BCUT2D eigenvalue weighted by molar-refractivity contribution is 9.10. The third kappa shape index (κ3) is 4.46. The highest BCUT2D eigenvalue weighted by Crippen LogP contribution is 2.16. The van der Waals surface area contributed by atoms with Gasteiger partial charge in [-0.15, -0.1) is 0 Å². The first-order valence-corrected chi connectivity index (χ1v) is 8.87. The second-order valence-electron chi connectivity index (χ2n) is 5.99. The van der Waals surface area contributed by atoms with Crippen molar-refractivity contribution in [2.75, 3.05) is 20.2 Å². The molecule has 0 unspecified atom stereocenters. The van der Waals surface area contributed by atoms with Gasteiger partial charge in [-0.25, -0.2) is 4.98 Å². The van der Waals surface area contributed by atoms with E-state index in [0.717, 1.165) is 28.2 Å². The molecule has 0 atom stereocenters. The molecule has 1 aromatic carbocycles. The zero-order valence-corrected chi connectivity index (χ0v) is 15.9. The molecule has 0 spiro atoms. The van der Waals surface area contributed by atoms with Crippen LogP contribution in [0.3, 0.4) is 0 Å². The topological polar surface area (TPSA) is 46.8 Å². The van der Waals surface area contributed by atoms with Crippen LogP contribution in [0.15, 0.2) is 57.8 Å². The van der Waals surface area contributed by atoms with Gasteiger partial charge in [-0.05, 0) is 50.4 Å². The lowest BCUT2D eigenvalue weighted by Gasteiger charge is -2.17. The summed E-state index contributed by atoms with van der Waals surface area (Å²) in [5, 5.41) is 0. The first-order chi connectivity index (χ1) is 12.0. The van der Waals surface area contributed by atoms with Gasteiger partial charge in [0.1, 0.15) is 18.0 Å². The van der Waals surface area contributed by atoms with Gasteiger partial charge in [-0.2, -0.15) is 0 Å². The first-order valence-electron chi connectivity index (χ1n) is 8.08. The number of benzene rings is 1. The lowest BCUT2D eigenvalue weighted by Crippen LogP contribution is -2.26. The zero-order chi connectivity index (χ0) is 17.8. The molecule has 6 heteroatoms. The summed E-state index contributed by atoms with van der Waals surface area (Å²) in [4.78, 5) is 19.0. The summed E-state index contributed by atoms with van der Waals surface area (Å²) in [5.74, 6) is 0.842. The number of pyridine rings is 1. The maximum absolute atomic E-state index is 12.3. The maximum atomic E-state index is 12.3. The van der Waals surface area contributed by atoms with Crippen molar-refractivity contribution in [1.82, 2.24) is 14.3 Å². The average molecular weight is 402 g/mol. The third-order valence-electron chi connectivity index (χ3n) is 3.92. The van der Waals surface area contributed by atoms with E-state index < -0.39 is 0 Å². The summed E-state index contributed by atoms with van der Waals surface area (Å²) in [6, 6.07) is 15.0. The minimum atomic E-state index is -0.0439. The molecule has 0 fully saturated rings. The minimum Gasteiger partial charge on any atom is -0.492 e. The molecule has 3 aromatic rings. The molecule has 0 radical (unpaired) electrons. The van der Waals surface area contributed by atoms with E-state index in [2.05, 4.69) is 25.8 Å². The molecule has 5 nitrogen and oxygen atoms in total. The second-order valence-corrected chi connectivity index (χ2v) is 6.90. The van der Waals surface area contributed by atoms with Crippen molar-refractivity contribution in [2.45, 2.75) is 13.5 Å². The van der Waals surface area contributed by atoms with Crippen LogP contribution in [-0.4, -0.2) is 34.5 Å². The largest absolute Gasteiger partial charge is 0.492 e. The van der Waals surface area contributed by atoms with E-state index in [4.69, 9.17) is 4.74 Å². The Kier molecular flexibility index (Phi) is 5.50. The molecule has 0 bridgehead atoms. The van der Waals surface area contributed by atoms with Crippen LogP contribution in [0.25, 0.3) is 5.65 Å². The number of likely N-dealkylation sites (N-methyl/N-ethyl adjacent to an activating group) is 1. The van der Waals surface area contributed by atoms with Gasteiger partial charge in [-0.3, -0.25) is 14.1 Å². The molecule has 2 aromatic heterocycles. The summed E-state index contributed by atoms with van der Waals surface area (Å²) in [6.07, 6.45) is 0. The fourth-order valence-electron chi connectivity index (χ4n) is 2.65. The van der Waals surface area contributed by atoms with Crippen molar-refractivity contribution < 1.29 is 4.74 Å². The number of hydrogen-bond donors (Lipinski definition) is 0. The van der Waals surface area contributed by atoms with Gasteiger partial charge in [0.2, 0.25) is 0 Å². The molecule has 2 heterocycles. The summed E-state index contributed by atoms with van der Waals surface area (Å²) < 4.78 is 8.38. The molecule has 25 heavy (non-hydrogen) atoms. The first kappa shape index (κ1) is 17.6. The molecule has 130 valence electrons. The lowest BCUT2D eigenvalue weighted by atomic mass is 10.3. The van der Waals surface area contributed by atoms with E-state index in [0.29, 0.717) is 18.8 Å². The number of aromatic nitrogens is 2. The van der Waals surface area contributed by atoms with Crippen LogP contribution in [0, 0.1) is 6.92 Å². The van der Waals surface area contributed by atoms with Crippen LogP contribution in [-0.2, 0) is 6.54 Å². The van der Waals surface area contributed by atoms with Crippen molar-refractivity contribution in [3.63, 3.8) is 0 Å². The van der Waals surface area contributed by atoms with Crippen molar-refractivity contribution in [1.29, 1.82) is 0 Å². The Bertz CT molecular complexity index is 922. The molecule has 0 N–H and O–H groups in total. The number of fused-ring (bicyclic) bond motifs is 1. The SMILES string of the molecule is Cc1cccc2nc(CN(C)CCOc3ccc(Br)cc3)cc(=O)n12. The van der Waals surface area contributed by atoms with Crippen molar-refractivity contribution in [3.8, 4) is 5.75 Å². The van der Waals surface area contributed by atoms with Gasteiger partial charge in [0.05, 0.1) is 5.69 Å². The molecule has 0 amide bonds. The average Bonchev–Trinajstić information content (AvgIpc) is 2.56. The Balaban J connectivity index is 1.61. The van der Waals surface area contributed by atoms with Gasteiger partial charge in [0.25, 0.3) is 5.56 Å². The lowest BCUT2D eigenvalue weighted by molar-refractivity contribution is 0.231. The number of halogens is 1. The van der Waals surface area contributed by atoms with Gasteiger partial charge < -0.3 is 4.74 Å². The fraction of sp³-hybridized carbons (Fsp3) is 0.263. The summed E-state index contributed by atoms with van der Waals surface area (Å²) >= 11 is 3.40. The third-order valence-corrected chi connectivity index (χ3v) is 4.45. The van der Waals surface area contributed by atoms with Crippen molar-refractivity contribution in [2.24, 2.45) is 0 Å². The molecular formula is C19H20BrN3O2. The summed E-state index contributed by atoms with van der Waals surface area (Å²) in [5.41, 5.74) is 2.29. The van der Waals surface area contributed by atoms with Gasteiger partial charge >= 0.3 is 0 Å². The summed E-state index contributed by atoms with van der Waals surface area (Å²) in [7, 11) is 1.99. The van der Waals surface area contributed by atoms with E-state index in [1.54, 1.807) is 10.5 Å². The minimum absolute atomic E-state index is 0.0439. The van der Waals surface area contributed by atoms with Crippen LogP contribution in [0.1, 0.15) is 11.4 Å². The molecule has 0 saturated carbocycles. The number of hydrogen-bond acceptors (Lipinski definition) is 4. The number of aryl methyl sites for hydroxylation is 1. The van der Waals surface area contributed by atoms with Crippen LogP contribution >= 0.6 is 15.9 Å². The van der Waals surface area contributed by atoms with Gasteiger partial charge in [0, 0.05) is 29.3 Å². The molecule has 0 aliphatic heterocycles. The van der Waals surface area contributed by atoms with Crippen LogP contribution in [0.4, 0.5) is 0 Å². The van der Waals surface area contributed by atoms with Crippen LogP contribution in [0.2, 0.25) is 0 Å². The number of nitrogens with zero attached hydrogens (tertiary/aromatic N) is 3. The molecule has 0 aliphatic carbocycles. The molecule has 0 saturated heterocycles. The quantitative estimate of drug-likeness (QED) is 0.635. The Morgan fingerprint density at radius 1 is 1.20 bits per heavy atom. The van der Waals surface area contributed by atoms with E-state index in [1.165, 1.54) is 0 Å². The highest BCUT2D eigenvalue weighted by atomic mass is 79.9. The monoisotopic (exact) mass is 401 g/mol. The summed E-state index contributed by atoms with van der Waals surface area (Å²) in [6.45, 7) is 3.82. The Morgan fingerprint density at radius 2 is 1.96 bits per heavy atom. The van der Waals surface area contributed by atoms with Gasteiger partial charge in [0.15, 0.2) is 0 Å². The normalized spacial score (nSPS) is 11.2. The van der Waals surface area contributed by atoms with Crippen molar-refractivity contribution in [3.05, 3.63) is 74.7 Å². The Labute approximate surface area is 155 Å². The van der Waals surface area contributed by atoms with Crippen LogP contribution in [0.5, 0.6) is 5.75 Å². The molecule has 3 rings (SSSR count). The van der Waals surface area contributed by atoms with E-state index >= 15 is 0 Å². The van der Waals surface area contributed by atoms with Crippen LogP contribution < -0.4 is 10.3 Å². The van der Waals surface area contributed by atoms with Crippen molar-refractivity contribution >= 4 is 21.6 Å². The fourth-order valence-corrected chi connectivity index (χ4v) is 2.91. The van der Waals surface area contributed by atoms with Gasteiger partial charge in [-0.1, -0.05) is 22.0 Å². The Hall–Kier alpha value is -2.18. The number of ether oxygens (including phenoxy) is 1. The maximum Gasteiger partial charge on any atom is 0.258 e. The second kappa shape index (κ2) is 7.80.